The number of aryl methyl sites for hydroxylation is 1. The van der Waals surface area contributed by atoms with Crippen LogP contribution in [0.4, 0.5) is 20.2 Å². The monoisotopic (exact) mass is 279 g/mol. The van der Waals surface area contributed by atoms with Crippen LogP contribution in [0.5, 0.6) is 0 Å². The summed E-state index contributed by atoms with van der Waals surface area (Å²) in [7, 11) is 1.53. The van der Waals surface area contributed by atoms with Crippen LogP contribution in [0.25, 0.3) is 0 Å². The third kappa shape index (κ3) is 2.66. The lowest BCUT2D eigenvalue weighted by molar-refractivity contribution is 0.102. The highest BCUT2D eigenvalue weighted by atomic mass is 19.1. The first-order valence-corrected chi connectivity index (χ1v) is 5.61. The second-order valence-corrected chi connectivity index (χ2v) is 4.17. The maximum absolute atomic E-state index is 13.5. The molecule has 0 atom stereocenters. The number of nitrogens with two attached hydrogens (primary N) is 1. The van der Waals surface area contributed by atoms with E-state index < -0.39 is 17.5 Å². The summed E-state index contributed by atoms with van der Waals surface area (Å²) < 4.78 is 27.7. The maximum atomic E-state index is 13.5. The van der Waals surface area contributed by atoms with Crippen molar-refractivity contribution in [2.24, 2.45) is 7.05 Å². The Morgan fingerprint density at radius 2 is 2.00 bits per heavy atom. The van der Waals surface area contributed by atoms with Crippen molar-refractivity contribution in [2.45, 2.75) is 0 Å². The zero-order chi connectivity index (χ0) is 14.9. The first kappa shape index (κ1) is 13.7. The number of nitrogens with one attached hydrogen (secondary N) is 1. The molecule has 0 fully saturated rings. The summed E-state index contributed by atoms with van der Waals surface area (Å²) in [6, 6.07) is 4.00. The number of carbonyl (C=O) groups excluding carboxylic acids is 1. The average Bonchev–Trinajstić information content (AvgIpc) is 2.36. The lowest BCUT2D eigenvalue weighted by Crippen LogP contribution is -2.20. The van der Waals surface area contributed by atoms with Gasteiger partial charge in [-0.05, 0) is 12.1 Å². The Labute approximate surface area is 112 Å². The van der Waals surface area contributed by atoms with Gasteiger partial charge in [0.05, 0.1) is 5.69 Å². The van der Waals surface area contributed by atoms with Gasteiger partial charge in [-0.3, -0.25) is 9.59 Å². The molecule has 20 heavy (non-hydrogen) atoms. The quantitative estimate of drug-likeness (QED) is 0.818. The first-order valence-electron chi connectivity index (χ1n) is 5.61. The van der Waals surface area contributed by atoms with Crippen LogP contribution in [0, 0.1) is 11.6 Å². The molecule has 104 valence electrons. The number of halogens is 2. The summed E-state index contributed by atoms with van der Waals surface area (Å²) in [5.74, 6) is -2.54. The van der Waals surface area contributed by atoms with E-state index in [4.69, 9.17) is 5.73 Å². The molecule has 0 saturated heterocycles. The normalized spacial score (nSPS) is 10.3. The van der Waals surface area contributed by atoms with Gasteiger partial charge < -0.3 is 15.6 Å². The molecule has 0 aliphatic carbocycles. The second kappa shape index (κ2) is 5.12. The number of benzene rings is 1. The predicted molar refractivity (Wildman–Crippen MR) is 70.4 cm³/mol. The van der Waals surface area contributed by atoms with E-state index in [0.717, 1.165) is 12.1 Å². The molecule has 0 spiro atoms. The zero-order valence-corrected chi connectivity index (χ0v) is 10.5. The molecule has 0 aliphatic heterocycles. The van der Waals surface area contributed by atoms with Crippen molar-refractivity contribution in [3.8, 4) is 0 Å². The number of carbonyl (C=O) groups is 1. The van der Waals surface area contributed by atoms with Gasteiger partial charge in [0.15, 0.2) is 5.82 Å². The summed E-state index contributed by atoms with van der Waals surface area (Å²) in [5.41, 5.74) is 4.55. The smallest absolute Gasteiger partial charge is 0.256 e. The molecule has 3 N–H and O–H groups in total. The Kier molecular flexibility index (Phi) is 3.51. The fourth-order valence-electron chi connectivity index (χ4n) is 1.60. The van der Waals surface area contributed by atoms with E-state index in [1.165, 1.54) is 23.9 Å². The van der Waals surface area contributed by atoms with E-state index in [0.29, 0.717) is 6.07 Å². The first-order chi connectivity index (χ1) is 9.38. The third-order valence-corrected chi connectivity index (χ3v) is 2.69. The minimum absolute atomic E-state index is 0.0521. The lowest BCUT2D eigenvalue weighted by Gasteiger charge is -2.09. The highest BCUT2D eigenvalue weighted by Gasteiger charge is 2.14. The zero-order valence-electron chi connectivity index (χ0n) is 10.5. The topological polar surface area (TPSA) is 77.1 Å². The summed E-state index contributed by atoms with van der Waals surface area (Å²) in [6.07, 6.45) is 1.40. The molecule has 2 rings (SSSR count). The Balaban J connectivity index is 2.32. The number of nitrogen functional groups attached to an aromatic ring is 1. The van der Waals surface area contributed by atoms with E-state index >= 15 is 0 Å². The van der Waals surface area contributed by atoms with Crippen molar-refractivity contribution < 1.29 is 13.6 Å². The Morgan fingerprint density at radius 3 is 2.60 bits per heavy atom. The fourth-order valence-corrected chi connectivity index (χ4v) is 1.60. The molecule has 2 aromatic rings. The van der Waals surface area contributed by atoms with Crippen molar-refractivity contribution in [2.75, 3.05) is 11.1 Å². The molecule has 0 bridgehead atoms. The second-order valence-electron chi connectivity index (χ2n) is 4.17. The number of anilines is 2. The summed E-state index contributed by atoms with van der Waals surface area (Å²) in [6.45, 7) is 0. The van der Waals surface area contributed by atoms with Crippen molar-refractivity contribution in [3.63, 3.8) is 0 Å². The van der Waals surface area contributed by atoms with Crippen molar-refractivity contribution in [3.05, 3.63) is 58.0 Å². The van der Waals surface area contributed by atoms with Gasteiger partial charge >= 0.3 is 0 Å². The number of amides is 1. The van der Waals surface area contributed by atoms with Gasteiger partial charge in [0.25, 0.3) is 11.5 Å². The van der Waals surface area contributed by atoms with Gasteiger partial charge in [0.2, 0.25) is 0 Å². The highest BCUT2D eigenvalue weighted by molar-refractivity contribution is 6.05. The standard InChI is InChI=1S/C13H11F2N3O2/c1-18-3-2-7(4-11(18)19)13(20)17-12-9(15)5-8(14)6-10(12)16/h2-6H,16H2,1H3,(H,17,20). The fraction of sp³-hybridized carbons (Fsp3) is 0.0769. The van der Waals surface area contributed by atoms with Crippen LogP contribution in [0.15, 0.2) is 35.3 Å². The predicted octanol–water partition coefficient (Wildman–Crippen LogP) is 1.50. The number of pyridine rings is 1. The van der Waals surface area contributed by atoms with Gasteiger partial charge in [-0.2, -0.15) is 0 Å². The van der Waals surface area contributed by atoms with Gasteiger partial charge in [0, 0.05) is 30.9 Å². The van der Waals surface area contributed by atoms with Gasteiger partial charge in [-0.15, -0.1) is 0 Å². The molecule has 1 aromatic heterocycles. The third-order valence-electron chi connectivity index (χ3n) is 2.69. The van der Waals surface area contributed by atoms with E-state index in [9.17, 15) is 18.4 Å². The van der Waals surface area contributed by atoms with Crippen LogP contribution >= 0.6 is 0 Å². The molecular formula is C13H11F2N3O2. The molecule has 0 radical (unpaired) electrons. The van der Waals surface area contributed by atoms with Crippen LogP contribution < -0.4 is 16.6 Å². The van der Waals surface area contributed by atoms with Crippen molar-refractivity contribution in [1.29, 1.82) is 0 Å². The van der Waals surface area contributed by atoms with Crippen LogP contribution in [-0.4, -0.2) is 10.5 Å². The largest absolute Gasteiger partial charge is 0.397 e. The van der Waals surface area contributed by atoms with Crippen LogP contribution in [-0.2, 0) is 7.05 Å². The van der Waals surface area contributed by atoms with Crippen LogP contribution in [0.3, 0.4) is 0 Å². The molecule has 0 aliphatic rings. The van der Waals surface area contributed by atoms with E-state index in [1.54, 1.807) is 0 Å². The minimum atomic E-state index is -0.986. The highest BCUT2D eigenvalue weighted by Crippen LogP contribution is 2.24. The summed E-state index contributed by atoms with van der Waals surface area (Å²) in [4.78, 5) is 23.3. The molecule has 1 aromatic carbocycles. The number of nitrogens with zero attached hydrogens (tertiary/aromatic N) is 1. The van der Waals surface area contributed by atoms with Gasteiger partial charge in [-0.1, -0.05) is 0 Å². The Bertz CT molecular complexity index is 718. The molecule has 7 heteroatoms. The molecular weight excluding hydrogens is 268 g/mol. The number of hydrogen-bond donors (Lipinski definition) is 2. The van der Waals surface area contributed by atoms with Crippen molar-refractivity contribution in [1.82, 2.24) is 4.57 Å². The van der Waals surface area contributed by atoms with E-state index in [2.05, 4.69) is 5.32 Å². The molecule has 1 amide bonds. The lowest BCUT2D eigenvalue weighted by atomic mass is 10.2. The Morgan fingerprint density at radius 1 is 1.30 bits per heavy atom. The molecule has 0 saturated carbocycles. The molecule has 1 heterocycles. The molecule has 5 nitrogen and oxygen atoms in total. The van der Waals surface area contributed by atoms with Gasteiger partial charge in [-0.25, -0.2) is 8.78 Å². The summed E-state index contributed by atoms with van der Waals surface area (Å²) in [5, 5.41) is 2.21. The number of hydrogen-bond acceptors (Lipinski definition) is 3. The molecule has 0 unspecified atom stereocenters. The number of aromatic nitrogens is 1. The van der Waals surface area contributed by atoms with Gasteiger partial charge in [0.1, 0.15) is 11.5 Å². The van der Waals surface area contributed by atoms with Crippen molar-refractivity contribution >= 4 is 17.3 Å². The SMILES string of the molecule is Cn1ccc(C(=O)Nc2c(N)cc(F)cc2F)cc1=O. The van der Waals surface area contributed by atoms with Crippen LogP contribution in [0.2, 0.25) is 0 Å². The summed E-state index contributed by atoms with van der Waals surface area (Å²) >= 11 is 0. The van der Waals surface area contributed by atoms with E-state index in [-0.39, 0.29) is 22.5 Å². The maximum Gasteiger partial charge on any atom is 0.256 e. The number of rotatable bonds is 2. The Hall–Kier alpha value is -2.70. The van der Waals surface area contributed by atoms with Crippen LogP contribution in [0.1, 0.15) is 10.4 Å². The minimum Gasteiger partial charge on any atom is -0.397 e. The van der Waals surface area contributed by atoms with E-state index in [1.807, 2.05) is 0 Å². The average molecular weight is 279 g/mol.